The molecule has 1 saturated carbocycles. The SMILES string of the molecule is C[C@H](OC(=O)CCN1C(=O)[C@H]2CC=CC[C@@H]2C1=O)C(=O)NC1CC1. The molecular formula is C17H22N2O5. The molecule has 2 fully saturated rings. The van der Waals surface area contributed by atoms with Crippen LogP contribution in [0.3, 0.4) is 0 Å². The van der Waals surface area contributed by atoms with Gasteiger partial charge in [-0.15, -0.1) is 0 Å². The summed E-state index contributed by atoms with van der Waals surface area (Å²) in [5, 5.41) is 2.76. The minimum Gasteiger partial charge on any atom is -0.452 e. The third-order valence-corrected chi connectivity index (χ3v) is 4.74. The van der Waals surface area contributed by atoms with Crippen LogP contribution >= 0.6 is 0 Å². The van der Waals surface area contributed by atoms with Crippen molar-refractivity contribution in [3.8, 4) is 0 Å². The first-order chi connectivity index (χ1) is 11.5. The second kappa shape index (κ2) is 6.75. The molecule has 0 aromatic rings. The van der Waals surface area contributed by atoms with E-state index >= 15 is 0 Å². The van der Waals surface area contributed by atoms with Crippen molar-refractivity contribution >= 4 is 23.7 Å². The molecule has 0 aromatic carbocycles. The van der Waals surface area contributed by atoms with Crippen LogP contribution in [-0.4, -0.2) is 47.3 Å². The maximum atomic E-state index is 12.3. The minimum atomic E-state index is -0.866. The minimum absolute atomic E-state index is 0.0143. The number of likely N-dealkylation sites (tertiary alicyclic amines) is 1. The van der Waals surface area contributed by atoms with Crippen LogP contribution in [-0.2, 0) is 23.9 Å². The number of rotatable bonds is 6. The van der Waals surface area contributed by atoms with Crippen LogP contribution in [0.5, 0.6) is 0 Å². The highest BCUT2D eigenvalue weighted by molar-refractivity contribution is 6.05. The van der Waals surface area contributed by atoms with E-state index in [0.29, 0.717) is 12.8 Å². The Morgan fingerprint density at radius 3 is 2.33 bits per heavy atom. The van der Waals surface area contributed by atoms with E-state index in [0.717, 1.165) is 12.8 Å². The molecule has 2 aliphatic carbocycles. The van der Waals surface area contributed by atoms with Gasteiger partial charge in [0.15, 0.2) is 6.10 Å². The Morgan fingerprint density at radius 1 is 1.21 bits per heavy atom. The van der Waals surface area contributed by atoms with Gasteiger partial charge in [-0.2, -0.15) is 0 Å². The zero-order valence-electron chi connectivity index (χ0n) is 13.7. The molecule has 3 atom stereocenters. The quantitative estimate of drug-likeness (QED) is 0.435. The van der Waals surface area contributed by atoms with Gasteiger partial charge >= 0.3 is 5.97 Å². The van der Waals surface area contributed by atoms with E-state index in [1.54, 1.807) is 0 Å². The van der Waals surface area contributed by atoms with Crippen molar-refractivity contribution in [1.29, 1.82) is 0 Å². The maximum Gasteiger partial charge on any atom is 0.308 e. The molecule has 0 unspecified atom stereocenters. The summed E-state index contributed by atoms with van der Waals surface area (Å²) in [6.07, 6.45) is 5.96. The molecule has 0 bridgehead atoms. The molecule has 24 heavy (non-hydrogen) atoms. The molecule has 3 aliphatic rings. The average molecular weight is 334 g/mol. The van der Waals surface area contributed by atoms with Crippen molar-refractivity contribution in [3.05, 3.63) is 12.2 Å². The number of ether oxygens (including phenoxy) is 1. The maximum absolute atomic E-state index is 12.3. The van der Waals surface area contributed by atoms with Gasteiger partial charge in [-0.1, -0.05) is 12.2 Å². The lowest BCUT2D eigenvalue weighted by Crippen LogP contribution is -2.38. The third kappa shape index (κ3) is 3.49. The van der Waals surface area contributed by atoms with Crippen LogP contribution in [0.15, 0.2) is 12.2 Å². The topological polar surface area (TPSA) is 92.8 Å². The summed E-state index contributed by atoms with van der Waals surface area (Å²) in [5.41, 5.74) is 0. The fourth-order valence-corrected chi connectivity index (χ4v) is 3.15. The van der Waals surface area contributed by atoms with Gasteiger partial charge in [0.1, 0.15) is 0 Å². The highest BCUT2D eigenvalue weighted by Crippen LogP contribution is 2.35. The summed E-state index contributed by atoms with van der Waals surface area (Å²) >= 11 is 0. The first-order valence-corrected chi connectivity index (χ1v) is 8.47. The number of amides is 3. The first-order valence-electron chi connectivity index (χ1n) is 8.47. The smallest absolute Gasteiger partial charge is 0.308 e. The predicted octanol–water partition coefficient (Wildman–Crippen LogP) is 0.538. The Bertz CT molecular complexity index is 570. The van der Waals surface area contributed by atoms with Crippen molar-refractivity contribution in [3.63, 3.8) is 0 Å². The second-order valence-corrected chi connectivity index (χ2v) is 6.65. The number of carbonyl (C=O) groups excluding carboxylic acids is 4. The Kier molecular flexibility index (Phi) is 4.69. The Morgan fingerprint density at radius 2 is 1.79 bits per heavy atom. The van der Waals surface area contributed by atoms with E-state index < -0.39 is 12.1 Å². The van der Waals surface area contributed by atoms with Gasteiger partial charge in [0.2, 0.25) is 11.8 Å². The molecule has 1 saturated heterocycles. The summed E-state index contributed by atoms with van der Waals surface area (Å²) in [5.74, 6) is -1.88. The molecule has 3 rings (SSSR count). The number of nitrogens with one attached hydrogen (secondary N) is 1. The van der Waals surface area contributed by atoms with Gasteiger partial charge in [0, 0.05) is 12.6 Å². The van der Waals surface area contributed by atoms with Crippen molar-refractivity contribution in [2.45, 2.75) is 51.2 Å². The molecule has 1 N–H and O–H groups in total. The van der Waals surface area contributed by atoms with Crippen molar-refractivity contribution < 1.29 is 23.9 Å². The highest BCUT2D eigenvalue weighted by Gasteiger charge is 2.47. The lowest BCUT2D eigenvalue weighted by Gasteiger charge is -2.16. The Balaban J connectivity index is 1.46. The molecule has 7 heteroatoms. The van der Waals surface area contributed by atoms with Crippen molar-refractivity contribution in [2.75, 3.05) is 6.54 Å². The van der Waals surface area contributed by atoms with E-state index in [1.807, 2.05) is 12.2 Å². The van der Waals surface area contributed by atoms with Crippen molar-refractivity contribution in [1.82, 2.24) is 10.2 Å². The van der Waals surface area contributed by atoms with Gasteiger partial charge < -0.3 is 10.1 Å². The van der Waals surface area contributed by atoms with E-state index in [1.165, 1.54) is 11.8 Å². The molecule has 0 spiro atoms. The molecule has 0 aromatic heterocycles. The largest absolute Gasteiger partial charge is 0.452 e. The molecule has 3 amide bonds. The standard InChI is InChI=1S/C17H22N2O5/c1-10(15(21)18-11-6-7-11)24-14(20)8-9-19-16(22)12-4-2-3-5-13(12)17(19)23/h2-3,10-13H,4-9H2,1H3,(H,18,21)/t10-,12-,13-/m0/s1. The number of esters is 1. The number of hydrogen-bond donors (Lipinski definition) is 1. The van der Waals surface area contributed by atoms with Crippen LogP contribution in [0.25, 0.3) is 0 Å². The Hall–Kier alpha value is -2.18. The number of nitrogens with zero attached hydrogens (tertiary/aromatic N) is 1. The summed E-state index contributed by atoms with van der Waals surface area (Å²) in [4.78, 5) is 49.3. The van der Waals surface area contributed by atoms with E-state index in [4.69, 9.17) is 4.74 Å². The van der Waals surface area contributed by atoms with Gasteiger partial charge in [-0.3, -0.25) is 24.1 Å². The molecule has 1 aliphatic heterocycles. The fourth-order valence-electron chi connectivity index (χ4n) is 3.15. The fraction of sp³-hybridized carbons (Fsp3) is 0.647. The lowest BCUT2D eigenvalue weighted by molar-refractivity contribution is -0.155. The van der Waals surface area contributed by atoms with Crippen LogP contribution in [0.4, 0.5) is 0 Å². The normalized spacial score (nSPS) is 27.0. The monoisotopic (exact) mass is 334 g/mol. The molecule has 7 nitrogen and oxygen atoms in total. The summed E-state index contributed by atoms with van der Waals surface area (Å²) in [7, 11) is 0. The Labute approximate surface area is 140 Å². The van der Waals surface area contributed by atoms with Gasteiger partial charge in [0.05, 0.1) is 18.3 Å². The van der Waals surface area contributed by atoms with Crippen LogP contribution in [0.2, 0.25) is 0 Å². The van der Waals surface area contributed by atoms with Gasteiger partial charge in [0.25, 0.3) is 5.91 Å². The van der Waals surface area contributed by atoms with Crippen LogP contribution < -0.4 is 5.32 Å². The number of imide groups is 1. The second-order valence-electron chi connectivity index (χ2n) is 6.65. The zero-order chi connectivity index (χ0) is 17.3. The summed E-state index contributed by atoms with van der Waals surface area (Å²) < 4.78 is 5.08. The van der Waals surface area contributed by atoms with Gasteiger partial charge in [-0.05, 0) is 32.6 Å². The van der Waals surface area contributed by atoms with E-state index in [-0.39, 0.29) is 48.6 Å². The molecule has 1 heterocycles. The average Bonchev–Trinajstić information content (AvgIpc) is 3.34. The van der Waals surface area contributed by atoms with Crippen LogP contribution in [0.1, 0.15) is 39.0 Å². The summed E-state index contributed by atoms with van der Waals surface area (Å²) in [6.45, 7) is 1.53. The predicted molar refractivity (Wildman–Crippen MR) is 83.4 cm³/mol. The van der Waals surface area contributed by atoms with E-state index in [9.17, 15) is 19.2 Å². The highest BCUT2D eigenvalue weighted by atomic mass is 16.5. The molecule has 0 radical (unpaired) electrons. The number of hydrogen-bond acceptors (Lipinski definition) is 5. The lowest BCUT2D eigenvalue weighted by atomic mass is 9.85. The van der Waals surface area contributed by atoms with Crippen molar-refractivity contribution in [2.24, 2.45) is 11.8 Å². The third-order valence-electron chi connectivity index (χ3n) is 4.74. The zero-order valence-corrected chi connectivity index (χ0v) is 13.7. The van der Waals surface area contributed by atoms with Crippen LogP contribution in [0, 0.1) is 11.8 Å². The number of fused-ring (bicyclic) bond motifs is 1. The molecular weight excluding hydrogens is 312 g/mol. The number of carbonyl (C=O) groups is 4. The first kappa shape index (κ1) is 16.7. The van der Waals surface area contributed by atoms with Gasteiger partial charge in [-0.25, -0.2) is 0 Å². The number of allylic oxidation sites excluding steroid dienone is 2. The summed E-state index contributed by atoms with van der Waals surface area (Å²) in [6, 6.07) is 0.204. The van der Waals surface area contributed by atoms with E-state index in [2.05, 4.69) is 5.32 Å². The molecule has 130 valence electrons.